The molecule has 2 aliphatic rings. The first-order valence-electron chi connectivity index (χ1n) is 10.2. The van der Waals surface area contributed by atoms with Gasteiger partial charge in [0.05, 0.1) is 25.6 Å². The number of benzene rings is 1. The van der Waals surface area contributed by atoms with Gasteiger partial charge in [-0.3, -0.25) is 4.57 Å². The molecule has 5 rings (SSSR count). The fourth-order valence-corrected chi connectivity index (χ4v) is 4.52. The molecule has 0 atom stereocenters. The first kappa shape index (κ1) is 19.7. The molecule has 3 aromatic rings. The molecule has 2 aliphatic heterocycles. The number of anilines is 1. The zero-order chi connectivity index (χ0) is 21.4. The van der Waals surface area contributed by atoms with Crippen LogP contribution in [0.2, 0.25) is 0 Å². The average Bonchev–Trinajstić information content (AvgIpc) is 3.36. The van der Waals surface area contributed by atoms with E-state index in [1.807, 2.05) is 22.8 Å². The number of fused-ring (bicyclic) bond motifs is 2. The lowest BCUT2D eigenvalue weighted by Crippen LogP contribution is -2.44. The Bertz CT molecular complexity index is 1080. The highest BCUT2D eigenvalue weighted by Gasteiger charge is 2.44. The van der Waals surface area contributed by atoms with Crippen molar-refractivity contribution in [3.8, 4) is 17.3 Å². The quantitative estimate of drug-likeness (QED) is 0.622. The van der Waals surface area contributed by atoms with Crippen LogP contribution in [0.25, 0.3) is 5.69 Å². The average molecular weight is 425 g/mol. The van der Waals surface area contributed by atoms with Gasteiger partial charge in [0.25, 0.3) is 0 Å². The van der Waals surface area contributed by atoms with Gasteiger partial charge >= 0.3 is 0 Å². The second-order valence-electron chi connectivity index (χ2n) is 7.94. The molecular weight excluding hydrogens is 401 g/mol. The van der Waals surface area contributed by atoms with Crippen molar-refractivity contribution < 1.29 is 18.6 Å². The Morgan fingerprint density at radius 1 is 1.13 bits per heavy atom. The SMILES string of the molecule is COCc1nnc(N2CCC3(CC2)COc2cc(F)ccc23)n1-c1ccc(OC)nc1. The van der Waals surface area contributed by atoms with E-state index < -0.39 is 0 Å². The Kier molecular flexibility index (Phi) is 4.97. The van der Waals surface area contributed by atoms with Crippen LogP contribution < -0.4 is 14.4 Å². The van der Waals surface area contributed by atoms with E-state index in [9.17, 15) is 4.39 Å². The van der Waals surface area contributed by atoms with Crippen LogP contribution in [0.5, 0.6) is 11.6 Å². The number of rotatable bonds is 5. The van der Waals surface area contributed by atoms with Gasteiger partial charge in [0.2, 0.25) is 11.8 Å². The van der Waals surface area contributed by atoms with E-state index in [4.69, 9.17) is 14.2 Å². The smallest absolute Gasteiger partial charge is 0.232 e. The maximum atomic E-state index is 13.6. The van der Waals surface area contributed by atoms with Crippen LogP contribution in [-0.2, 0) is 16.8 Å². The zero-order valence-corrected chi connectivity index (χ0v) is 17.5. The number of pyridine rings is 1. The van der Waals surface area contributed by atoms with Crippen LogP contribution >= 0.6 is 0 Å². The lowest BCUT2D eigenvalue weighted by atomic mass is 9.74. The molecule has 9 heteroatoms. The summed E-state index contributed by atoms with van der Waals surface area (Å²) < 4.78 is 31.9. The maximum Gasteiger partial charge on any atom is 0.232 e. The first-order chi connectivity index (χ1) is 15.1. The van der Waals surface area contributed by atoms with Gasteiger partial charge in [-0.15, -0.1) is 10.2 Å². The topological polar surface area (TPSA) is 74.5 Å². The van der Waals surface area contributed by atoms with Crippen molar-refractivity contribution in [2.45, 2.75) is 24.9 Å². The van der Waals surface area contributed by atoms with E-state index in [0.29, 0.717) is 30.7 Å². The van der Waals surface area contributed by atoms with Crippen molar-refractivity contribution in [3.05, 3.63) is 53.7 Å². The van der Waals surface area contributed by atoms with Crippen LogP contribution in [0.1, 0.15) is 24.2 Å². The van der Waals surface area contributed by atoms with Gasteiger partial charge in [0.15, 0.2) is 5.82 Å². The van der Waals surface area contributed by atoms with Crippen molar-refractivity contribution >= 4 is 5.95 Å². The molecule has 0 unspecified atom stereocenters. The summed E-state index contributed by atoms with van der Waals surface area (Å²) in [6.45, 7) is 2.50. The number of nitrogens with zero attached hydrogens (tertiary/aromatic N) is 5. The molecule has 0 radical (unpaired) electrons. The van der Waals surface area contributed by atoms with Crippen LogP contribution in [-0.4, -0.2) is 53.7 Å². The molecule has 1 aromatic carbocycles. The number of hydrogen-bond acceptors (Lipinski definition) is 7. The molecular formula is C22H24FN5O3. The normalized spacial score (nSPS) is 16.9. The van der Waals surface area contributed by atoms with Gasteiger partial charge in [-0.05, 0) is 25.0 Å². The monoisotopic (exact) mass is 425 g/mol. The number of methoxy groups -OCH3 is 2. The Labute approximate surface area is 179 Å². The summed E-state index contributed by atoms with van der Waals surface area (Å²) in [6.07, 6.45) is 3.52. The predicted molar refractivity (Wildman–Crippen MR) is 111 cm³/mol. The Morgan fingerprint density at radius 3 is 2.68 bits per heavy atom. The van der Waals surface area contributed by atoms with Crippen LogP contribution in [0.4, 0.5) is 10.3 Å². The van der Waals surface area contributed by atoms with Gasteiger partial charge < -0.3 is 19.1 Å². The molecule has 162 valence electrons. The summed E-state index contributed by atoms with van der Waals surface area (Å²) in [5, 5.41) is 8.82. The first-order valence-corrected chi connectivity index (χ1v) is 10.2. The highest BCUT2D eigenvalue weighted by Crippen LogP contribution is 2.46. The lowest BCUT2D eigenvalue weighted by Gasteiger charge is -2.38. The highest BCUT2D eigenvalue weighted by molar-refractivity contribution is 5.48. The van der Waals surface area contributed by atoms with E-state index >= 15 is 0 Å². The third-order valence-electron chi connectivity index (χ3n) is 6.20. The van der Waals surface area contributed by atoms with E-state index in [-0.39, 0.29) is 11.2 Å². The second kappa shape index (κ2) is 7.81. The lowest BCUT2D eigenvalue weighted by molar-refractivity contribution is 0.176. The third kappa shape index (κ3) is 3.38. The van der Waals surface area contributed by atoms with Crippen LogP contribution in [0.3, 0.4) is 0 Å². The van der Waals surface area contributed by atoms with Gasteiger partial charge in [0, 0.05) is 43.3 Å². The van der Waals surface area contributed by atoms with E-state index in [2.05, 4.69) is 20.1 Å². The van der Waals surface area contributed by atoms with Crippen molar-refractivity contribution in [2.24, 2.45) is 0 Å². The number of piperidine rings is 1. The molecule has 0 bridgehead atoms. The minimum absolute atomic E-state index is 0.0819. The van der Waals surface area contributed by atoms with Gasteiger partial charge in [-0.2, -0.15) is 0 Å². The van der Waals surface area contributed by atoms with Gasteiger partial charge in [0.1, 0.15) is 18.2 Å². The zero-order valence-electron chi connectivity index (χ0n) is 17.5. The Morgan fingerprint density at radius 2 is 1.97 bits per heavy atom. The molecule has 4 heterocycles. The standard InChI is InChI=1S/C22H24FN5O3/c1-29-13-19-25-26-21(28(19)16-4-6-20(30-2)24-12-16)27-9-7-22(8-10-27)14-31-18-11-15(23)3-5-17(18)22/h3-6,11-12H,7-10,13-14H2,1-2H3. The molecule has 1 fully saturated rings. The van der Waals surface area contributed by atoms with E-state index in [0.717, 1.165) is 43.1 Å². The summed E-state index contributed by atoms with van der Waals surface area (Å²) in [4.78, 5) is 6.55. The number of hydrogen-bond donors (Lipinski definition) is 0. The Hall–Kier alpha value is -3.20. The molecule has 8 nitrogen and oxygen atoms in total. The molecule has 1 saturated heterocycles. The maximum absolute atomic E-state index is 13.6. The molecule has 0 saturated carbocycles. The van der Waals surface area contributed by atoms with Crippen molar-refractivity contribution in [1.29, 1.82) is 0 Å². The van der Waals surface area contributed by atoms with Gasteiger partial charge in [-0.25, -0.2) is 9.37 Å². The number of aromatic nitrogens is 4. The molecule has 31 heavy (non-hydrogen) atoms. The van der Waals surface area contributed by atoms with Crippen LogP contribution in [0, 0.1) is 5.82 Å². The van der Waals surface area contributed by atoms with E-state index in [1.54, 1.807) is 20.4 Å². The summed E-state index contributed by atoms with van der Waals surface area (Å²) in [5.74, 6) is 2.41. The van der Waals surface area contributed by atoms with Gasteiger partial charge in [-0.1, -0.05) is 6.07 Å². The summed E-state index contributed by atoms with van der Waals surface area (Å²) >= 11 is 0. The van der Waals surface area contributed by atoms with Crippen molar-refractivity contribution in [1.82, 2.24) is 19.7 Å². The van der Waals surface area contributed by atoms with E-state index in [1.165, 1.54) is 12.1 Å². The second-order valence-corrected chi connectivity index (χ2v) is 7.94. The predicted octanol–water partition coefficient (Wildman–Crippen LogP) is 2.89. The molecule has 1 spiro atoms. The number of ether oxygens (including phenoxy) is 3. The molecule has 2 aromatic heterocycles. The van der Waals surface area contributed by atoms with Crippen molar-refractivity contribution in [3.63, 3.8) is 0 Å². The molecule has 0 aliphatic carbocycles. The minimum atomic E-state index is -0.264. The van der Waals surface area contributed by atoms with Crippen molar-refractivity contribution in [2.75, 3.05) is 38.8 Å². The third-order valence-corrected chi connectivity index (χ3v) is 6.20. The molecule has 0 amide bonds. The minimum Gasteiger partial charge on any atom is -0.492 e. The fourth-order valence-electron chi connectivity index (χ4n) is 4.52. The van der Waals surface area contributed by atoms with Crippen LogP contribution in [0.15, 0.2) is 36.5 Å². The summed E-state index contributed by atoms with van der Waals surface area (Å²) in [6, 6.07) is 8.62. The fraction of sp³-hybridized carbons (Fsp3) is 0.409. The summed E-state index contributed by atoms with van der Waals surface area (Å²) in [7, 11) is 3.22. The largest absolute Gasteiger partial charge is 0.492 e. The summed E-state index contributed by atoms with van der Waals surface area (Å²) in [5.41, 5.74) is 1.87. The molecule has 0 N–H and O–H groups in total. The highest BCUT2D eigenvalue weighted by atomic mass is 19.1. The number of halogens is 1. The Balaban J connectivity index is 1.42.